The molecule has 0 unspecified atom stereocenters. The molecule has 0 spiro atoms. The van der Waals surface area contributed by atoms with Gasteiger partial charge in [0.2, 0.25) is 5.95 Å². The molecule has 0 radical (unpaired) electrons. The topological polar surface area (TPSA) is 44.7 Å². The molecule has 5 rings (SSSR count). The number of ether oxygens (including phenoxy) is 1. The van der Waals surface area contributed by atoms with Gasteiger partial charge in [-0.3, -0.25) is 4.90 Å². The summed E-state index contributed by atoms with van der Waals surface area (Å²) in [5.74, 6) is 1.85. The first kappa shape index (κ1) is 19.5. The summed E-state index contributed by atoms with van der Waals surface area (Å²) in [6.07, 6.45) is 0. The summed E-state index contributed by atoms with van der Waals surface area (Å²) >= 11 is 6.34. The molecule has 2 aliphatic heterocycles. The minimum absolute atomic E-state index is 0.744. The lowest BCUT2D eigenvalue weighted by atomic mass is 10.2. The number of benzene rings is 2. The Kier molecular flexibility index (Phi) is 5.71. The summed E-state index contributed by atoms with van der Waals surface area (Å²) in [5.41, 5.74) is 2.19. The number of morpholine rings is 1. The van der Waals surface area contributed by atoms with Gasteiger partial charge in [-0.2, -0.15) is 4.98 Å². The van der Waals surface area contributed by atoms with E-state index in [1.54, 1.807) is 0 Å². The van der Waals surface area contributed by atoms with Gasteiger partial charge in [0.25, 0.3) is 0 Å². The first-order valence-corrected chi connectivity index (χ1v) is 11.0. The predicted octanol–water partition coefficient (Wildman–Crippen LogP) is 3.44. The zero-order valence-electron chi connectivity index (χ0n) is 17.0. The highest BCUT2D eigenvalue weighted by Gasteiger charge is 2.23. The molecule has 2 saturated heterocycles. The number of rotatable bonds is 4. The number of nitrogens with zero attached hydrogens (tertiary/aromatic N) is 5. The lowest BCUT2D eigenvalue weighted by Crippen LogP contribution is -2.46. The fraction of sp³-hybridized carbons (Fsp3) is 0.391. The summed E-state index contributed by atoms with van der Waals surface area (Å²) in [4.78, 5) is 17.0. The molecule has 0 saturated carbocycles. The summed E-state index contributed by atoms with van der Waals surface area (Å²) in [6, 6.07) is 16.4. The van der Waals surface area contributed by atoms with Gasteiger partial charge < -0.3 is 14.5 Å². The van der Waals surface area contributed by atoms with E-state index in [0.29, 0.717) is 0 Å². The second-order valence-corrected chi connectivity index (χ2v) is 8.23. The molecule has 0 aliphatic carbocycles. The van der Waals surface area contributed by atoms with Crippen molar-refractivity contribution in [3.8, 4) is 0 Å². The second-order valence-electron chi connectivity index (χ2n) is 7.82. The van der Waals surface area contributed by atoms with Crippen molar-refractivity contribution in [3.63, 3.8) is 0 Å². The number of hydrogen-bond donors (Lipinski definition) is 0. The van der Waals surface area contributed by atoms with E-state index in [1.165, 1.54) is 5.56 Å². The molecule has 7 heteroatoms. The van der Waals surface area contributed by atoms with Crippen molar-refractivity contribution >= 4 is 34.3 Å². The maximum absolute atomic E-state index is 6.34. The molecule has 3 aromatic rings. The lowest BCUT2D eigenvalue weighted by Gasteiger charge is -2.36. The van der Waals surface area contributed by atoms with E-state index in [9.17, 15) is 0 Å². The normalized spacial score (nSPS) is 18.2. The van der Waals surface area contributed by atoms with E-state index in [4.69, 9.17) is 26.3 Å². The van der Waals surface area contributed by atoms with Crippen LogP contribution in [0.2, 0.25) is 5.02 Å². The van der Waals surface area contributed by atoms with Crippen molar-refractivity contribution in [1.29, 1.82) is 0 Å². The smallest absolute Gasteiger partial charge is 0.227 e. The summed E-state index contributed by atoms with van der Waals surface area (Å²) in [5, 5.41) is 1.95. The molecule has 3 heterocycles. The highest BCUT2D eigenvalue weighted by Crippen LogP contribution is 2.28. The van der Waals surface area contributed by atoms with Crippen LogP contribution in [0.5, 0.6) is 0 Å². The zero-order chi connectivity index (χ0) is 20.3. The number of piperazine rings is 1. The van der Waals surface area contributed by atoms with Crippen molar-refractivity contribution < 1.29 is 4.74 Å². The summed E-state index contributed by atoms with van der Waals surface area (Å²) in [6.45, 7) is 7.85. The third-order valence-corrected chi connectivity index (χ3v) is 6.26. The molecule has 2 fully saturated rings. The van der Waals surface area contributed by atoms with Crippen LogP contribution in [0.1, 0.15) is 5.56 Å². The molecular weight excluding hydrogens is 398 g/mol. The van der Waals surface area contributed by atoms with Gasteiger partial charge in [-0.05, 0) is 23.8 Å². The SMILES string of the molecule is Clc1ccccc1CN1CCN(c2nc(N3CCOCC3)c3ccccc3n2)CC1. The minimum atomic E-state index is 0.744. The number of hydrogen-bond acceptors (Lipinski definition) is 6. The Morgan fingerprint density at radius 3 is 2.33 bits per heavy atom. The van der Waals surface area contributed by atoms with Crippen LogP contribution in [0.4, 0.5) is 11.8 Å². The molecule has 30 heavy (non-hydrogen) atoms. The maximum atomic E-state index is 6.34. The number of para-hydroxylation sites is 1. The zero-order valence-corrected chi connectivity index (χ0v) is 17.8. The van der Waals surface area contributed by atoms with Crippen molar-refractivity contribution in [2.45, 2.75) is 6.54 Å². The first-order chi connectivity index (χ1) is 14.8. The molecule has 6 nitrogen and oxygen atoms in total. The van der Waals surface area contributed by atoms with E-state index in [0.717, 1.165) is 86.7 Å². The largest absolute Gasteiger partial charge is 0.378 e. The van der Waals surface area contributed by atoms with E-state index < -0.39 is 0 Å². The molecule has 0 atom stereocenters. The van der Waals surface area contributed by atoms with Crippen LogP contribution in [-0.2, 0) is 11.3 Å². The van der Waals surface area contributed by atoms with Gasteiger partial charge in [-0.15, -0.1) is 0 Å². The number of fused-ring (bicyclic) bond motifs is 1. The Bertz CT molecular complexity index is 1020. The Morgan fingerprint density at radius 2 is 1.53 bits per heavy atom. The number of anilines is 2. The van der Waals surface area contributed by atoms with Crippen LogP contribution in [-0.4, -0.2) is 67.4 Å². The molecule has 156 valence electrons. The van der Waals surface area contributed by atoms with Crippen LogP contribution in [0.15, 0.2) is 48.5 Å². The van der Waals surface area contributed by atoms with Gasteiger partial charge in [0.05, 0.1) is 18.7 Å². The number of halogens is 1. The van der Waals surface area contributed by atoms with Crippen LogP contribution < -0.4 is 9.80 Å². The Balaban J connectivity index is 1.35. The average Bonchev–Trinajstić information content (AvgIpc) is 2.81. The Morgan fingerprint density at radius 1 is 0.800 bits per heavy atom. The highest BCUT2D eigenvalue weighted by molar-refractivity contribution is 6.31. The van der Waals surface area contributed by atoms with Crippen LogP contribution in [0.25, 0.3) is 10.9 Å². The van der Waals surface area contributed by atoms with Crippen molar-refractivity contribution in [1.82, 2.24) is 14.9 Å². The van der Waals surface area contributed by atoms with Crippen molar-refractivity contribution in [3.05, 3.63) is 59.1 Å². The van der Waals surface area contributed by atoms with E-state index in [2.05, 4.69) is 39.0 Å². The van der Waals surface area contributed by atoms with Gasteiger partial charge in [0.1, 0.15) is 5.82 Å². The molecule has 2 aromatic carbocycles. The molecule has 2 aliphatic rings. The van der Waals surface area contributed by atoms with Gasteiger partial charge in [-0.1, -0.05) is 41.9 Å². The Labute approximate surface area is 182 Å². The lowest BCUT2D eigenvalue weighted by molar-refractivity contribution is 0.122. The average molecular weight is 424 g/mol. The fourth-order valence-electron chi connectivity index (χ4n) is 4.18. The standard InChI is InChI=1S/C23H26ClN5O/c24-20-7-3-1-5-18(20)17-27-9-11-29(12-10-27)23-25-21-8-4-2-6-19(21)22(26-23)28-13-15-30-16-14-28/h1-8H,9-17H2. The molecule has 1 aromatic heterocycles. The molecular formula is C23H26ClN5O. The predicted molar refractivity (Wildman–Crippen MR) is 122 cm³/mol. The monoisotopic (exact) mass is 423 g/mol. The Hall–Kier alpha value is -2.41. The van der Waals surface area contributed by atoms with Crippen LogP contribution in [0.3, 0.4) is 0 Å². The van der Waals surface area contributed by atoms with E-state index in [-0.39, 0.29) is 0 Å². The van der Waals surface area contributed by atoms with Gasteiger partial charge in [0.15, 0.2) is 0 Å². The van der Waals surface area contributed by atoms with Crippen LogP contribution >= 0.6 is 11.6 Å². The molecule has 0 bridgehead atoms. The first-order valence-electron chi connectivity index (χ1n) is 10.6. The van der Waals surface area contributed by atoms with Crippen molar-refractivity contribution in [2.24, 2.45) is 0 Å². The maximum Gasteiger partial charge on any atom is 0.227 e. The third kappa shape index (κ3) is 4.08. The minimum Gasteiger partial charge on any atom is -0.378 e. The van der Waals surface area contributed by atoms with Gasteiger partial charge in [-0.25, -0.2) is 4.98 Å². The highest BCUT2D eigenvalue weighted by atomic mass is 35.5. The second kappa shape index (κ2) is 8.76. The third-order valence-electron chi connectivity index (χ3n) is 5.89. The van der Waals surface area contributed by atoms with E-state index in [1.807, 2.05) is 24.3 Å². The number of aromatic nitrogens is 2. The summed E-state index contributed by atoms with van der Waals surface area (Å²) in [7, 11) is 0. The van der Waals surface area contributed by atoms with Crippen molar-refractivity contribution in [2.75, 3.05) is 62.3 Å². The fourth-order valence-corrected chi connectivity index (χ4v) is 4.37. The van der Waals surface area contributed by atoms with Gasteiger partial charge >= 0.3 is 0 Å². The summed E-state index contributed by atoms with van der Waals surface area (Å²) < 4.78 is 5.54. The molecule has 0 amide bonds. The van der Waals surface area contributed by atoms with E-state index >= 15 is 0 Å². The van der Waals surface area contributed by atoms with Crippen LogP contribution in [0, 0.1) is 0 Å². The quantitative estimate of drug-likeness (QED) is 0.640. The molecule has 0 N–H and O–H groups in total. The van der Waals surface area contributed by atoms with Gasteiger partial charge in [0, 0.05) is 56.2 Å².